The Labute approximate surface area is 103 Å². The van der Waals surface area contributed by atoms with Crippen molar-refractivity contribution in [1.29, 1.82) is 0 Å². The van der Waals surface area contributed by atoms with Gasteiger partial charge in [-0.2, -0.15) is 5.10 Å². The van der Waals surface area contributed by atoms with E-state index in [4.69, 9.17) is 5.73 Å². The number of hydrogen-bond acceptors (Lipinski definition) is 4. The van der Waals surface area contributed by atoms with E-state index in [2.05, 4.69) is 29.3 Å². The topological polar surface area (TPSA) is 59.1 Å². The number of nitrogens with zero attached hydrogens (tertiary/aromatic N) is 3. The molecule has 1 fully saturated rings. The van der Waals surface area contributed by atoms with Crippen molar-refractivity contribution in [3.05, 3.63) is 5.69 Å². The third kappa shape index (κ3) is 2.39. The molecule has 0 spiro atoms. The van der Waals surface area contributed by atoms with Crippen LogP contribution < -0.4 is 11.1 Å². The van der Waals surface area contributed by atoms with E-state index >= 15 is 0 Å². The second kappa shape index (κ2) is 4.96. The first-order valence-electron chi connectivity index (χ1n) is 6.40. The summed E-state index contributed by atoms with van der Waals surface area (Å²) in [4.78, 5) is 2.41. The third-order valence-electron chi connectivity index (χ3n) is 3.65. The zero-order chi connectivity index (χ0) is 12.4. The summed E-state index contributed by atoms with van der Waals surface area (Å²) >= 11 is 0. The summed E-state index contributed by atoms with van der Waals surface area (Å²) in [7, 11) is 2.19. The van der Waals surface area contributed by atoms with Crippen LogP contribution in [0.15, 0.2) is 0 Å². The van der Waals surface area contributed by atoms with Crippen LogP contribution in [0.5, 0.6) is 0 Å². The van der Waals surface area contributed by atoms with Crippen LogP contribution in [0.2, 0.25) is 0 Å². The van der Waals surface area contributed by atoms with Crippen LogP contribution in [0.1, 0.15) is 25.5 Å². The average Bonchev–Trinajstić information content (AvgIpc) is 2.83. The Bertz CT molecular complexity index is 384. The monoisotopic (exact) mass is 237 g/mol. The summed E-state index contributed by atoms with van der Waals surface area (Å²) in [5.74, 6) is 0.977. The average molecular weight is 237 g/mol. The predicted molar refractivity (Wildman–Crippen MR) is 71.2 cm³/mol. The highest BCUT2D eigenvalue weighted by atomic mass is 15.3. The molecule has 0 radical (unpaired) electrons. The second-order valence-corrected chi connectivity index (χ2v) is 4.82. The van der Waals surface area contributed by atoms with Crippen LogP contribution in [0.3, 0.4) is 0 Å². The Morgan fingerprint density at radius 1 is 1.53 bits per heavy atom. The predicted octanol–water partition coefficient (Wildman–Crippen LogP) is 1.30. The SMILES string of the molecule is CCn1nc(C)c(N)c1NCC1CCCN1C. The van der Waals surface area contributed by atoms with E-state index in [-0.39, 0.29) is 0 Å². The fourth-order valence-electron chi connectivity index (χ4n) is 2.46. The van der Waals surface area contributed by atoms with Gasteiger partial charge < -0.3 is 16.0 Å². The lowest BCUT2D eigenvalue weighted by Crippen LogP contribution is -2.32. The fourth-order valence-corrected chi connectivity index (χ4v) is 2.46. The van der Waals surface area contributed by atoms with E-state index in [1.54, 1.807) is 0 Å². The highest BCUT2D eigenvalue weighted by Gasteiger charge is 2.21. The third-order valence-corrected chi connectivity index (χ3v) is 3.65. The van der Waals surface area contributed by atoms with Crippen molar-refractivity contribution in [1.82, 2.24) is 14.7 Å². The molecule has 2 heterocycles. The first kappa shape index (κ1) is 12.2. The molecule has 0 amide bonds. The van der Waals surface area contributed by atoms with E-state index in [0.717, 1.165) is 30.3 Å². The number of aromatic nitrogens is 2. The zero-order valence-corrected chi connectivity index (χ0v) is 11.0. The van der Waals surface area contributed by atoms with Gasteiger partial charge in [-0.3, -0.25) is 0 Å². The maximum Gasteiger partial charge on any atom is 0.148 e. The summed E-state index contributed by atoms with van der Waals surface area (Å²) in [6, 6.07) is 0.620. The van der Waals surface area contributed by atoms with E-state index in [1.165, 1.54) is 19.4 Å². The molecule has 2 rings (SSSR count). The molecule has 96 valence electrons. The second-order valence-electron chi connectivity index (χ2n) is 4.82. The minimum absolute atomic E-state index is 0.620. The Balaban J connectivity index is 2.03. The van der Waals surface area contributed by atoms with Gasteiger partial charge in [0.05, 0.1) is 11.4 Å². The summed E-state index contributed by atoms with van der Waals surface area (Å²) in [5.41, 5.74) is 7.73. The summed E-state index contributed by atoms with van der Waals surface area (Å²) < 4.78 is 1.94. The number of aryl methyl sites for hydroxylation is 2. The molecule has 1 atom stereocenters. The standard InChI is InChI=1S/C12H23N5/c1-4-17-12(11(13)9(2)15-17)14-8-10-6-5-7-16(10)3/h10,14H,4-8,13H2,1-3H3. The number of likely N-dealkylation sites (tertiary alicyclic amines) is 1. The molecule has 1 saturated heterocycles. The van der Waals surface area contributed by atoms with Crippen molar-refractivity contribution in [2.75, 3.05) is 31.2 Å². The van der Waals surface area contributed by atoms with Gasteiger partial charge in [-0.05, 0) is 40.3 Å². The van der Waals surface area contributed by atoms with Crippen LogP contribution in [-0.4, -0.2) is 40.9 Å². The van der Waals surface area contributed by atoms with Gasteiger partial charge in [-0.15, -0.1) is 0 Å². The fraction of sp³-hybridized carbons (Fsp3) is 0.750. The van der Waals surface area contributed by atoms with Gasteiger partial charge in [0, 0.05) is 19.1 Å². The number of rotatable bonds is 4. The van der Waals surface area contributed by atoms with Gasteiger partial charge in [-0.1, -0.05) is 0 Å². The molecule has 5 heteroatoms. The maximum atomic E-state index is 6.04. The van der Waals surface area contributed by atoms with Crippen LogP contribution >= 0.6 is 0 Å². The quantitative estimate of drug-likeness (QED) is 0.828. The lowest BCUT2D eigenvalue weighted by Gasteiger charge is -2.20. The Morgan fingerprint density at radius 2 is 2.29 bits per heavy atom. The van der Waals surface area contributed by atoms with Crippen molar-refractivity contribution in [3.8, 4) is 0 Å². The molecule has 1 aromatic rings. The van der Waals surface area contributed by atoms with Crippen molar-refractivity contribution in [2.24, 2.45) is 0 Å². The molecule has 0 aromatic carbocycles. The molecular weight excluding hydrogens is 214 g/mol. The van der Waals surface area contributed by atoms with E-state index in [9.17, 15) is 0 Å². The maximum absolute atomic E-state index is 6.04. The summed E-state index contributed by atoms with van der Waals surface area (Å²) in [6.07, 6.45) is 2.56. The van der Waals surface area contributed by atoms with Crippen molar-refractivity contribution in [2.45, 2.75) is 39.3 Å². The number of nitrogen functional groups attached to an aromatic ring is 1. The van der Waals surface area contributed by atoms with Gasteiger partial charge in [0.25, 0.3) is 0 Å². The highest BCUT2D eigenvalue weighted by Crippen LogP contribution is 2.23. The number of nitrogens with one attached hydrogen (secondary N) is 1. The summed E-state index contributed by atoms with van der Waals surface area (Å²) in [5, 5.41) is 7.87. The molecule has 0 saturated carbocycles. The van der Waals surface area contributed by atoms with E-state index in [1.807, 2.05) is 11.6 Å². The smallest absolute Gasteiger partial charge is 0.148 e. The van der Waals surface area contributed by atoms with Crippen molar-refractivity contribution < 1.29 is 0 Å². The van der Waals surface area contributed by atoms with Crippen LogP contribution in [-0.2, 0) is 6.54 Å². The Kier molecular flexibility index (Phi) is 3.57. The first-order valence-corrected chi connectivity index (χ1v) is 6.40. The van der Waals surface area contributed by atoms with E-state index in [0.29, 0.717) is 6.04 Å². The van der Waals surface area contributed by atoms with Gasteiger partial charge >= 0.3 is 0 Å². The number of likely N-dealkylation sites (N-methyl/N-ethyl adjacent to an activating group) is 1. The van der Waals surface area contributed by atoms with Gasteiger partial charge in [0.2, 0.25) is 0 Å². The Hall–Kier alpha value is -1.23. The van der Waals surface area contributed by atoms with Crippen molar-refractivity contribution in [3.63, 3.8) is 0 Å². The van der Waals surface area contributed by atoms with Gasteiger partial charge in [0.15, 0.2) is 0 Å². The van der Waals surface area contributed by atoms with Crippen LogP contribution in [0, 0.1) is 6.92 Å². The minimum atomic E-state index is 0.620. The highest BCUT2D eigenvalue weighted by molar-refractivity contribution is 5.64. The minimum Gasteiger partial charge on any atom is -0.394 e. The van der Waals surface area contributed by atoms with Gasteiger partial charge in [0.1, 0.15) is 5.82 Å². The molecule has 1 aliphatic rings. The van der Waals surface area contributed by atoms with Gasteiger partial charge in [-0.25, -0.2) is 4.68 Å². The zero-order valence-electron chi connectivity index (χ0n) is 11.0. The molecule has 17 heavy (non-hydrogen) atoms. The molecule has 3 N–H and O–H groups in total. The molecule has 5 nitrogen and oxygen atoms in total. The lowest BCUT2D eigenvalue weighted by molar-refractivity contribution is 0.322. The molecule has 0 aliphatic carbocycles. The van der Waals surface area contributed by atoms with E-state index < -0.39 is 0 Å². The normalized spacial score (nSPS) is 21.0. The molecule has 1 aromatic heterocycles. The van der Waals surface area contributed by atoms with Crippen molar-refractivity contribution >= 4 is 11.5 Å². The molecule has 1 aliphatic heterocycles. The Morgan fingerprint density at radius 3 is 2.88 bits per heavy atom. The number of anilines is 2. The molecule has 1 unspecified atom stereocenters. The largest absolute Gasteiger partial charge is 0.394 e. The number of hydrogen-bond donors (Lipinski definition) is 2. The molecular formula is C12H23N5. The first-order chi connectivity index (χ1) is 8.13. The van der Waals surface area contributed by atoms with Crippen LogP contribution in [0.25, 0.3) is 0 Å². The lowest BCUT2D eigenvalue weighted by atomic mass is 10.2. The molecule has 0 bridgehead atoms. The van der Waals surface area contributed by atoms with Crippen LogP contribution in [0.4, 0.5) is 11.5 Å². The summed E-state index contributed by atoms with van der Waals surface area (Å²) in [6.45, 7) is 7.04. The number of nitrogens with two attached hydrogens (primary N) is 1.